The highest BCUT2D eigenvalue weighted by molar-refractivity contribution is 5.75. The maximum absolute atomic E-state index is 11.3. The van der Waals surface area contributed by atoms with E-state index in [1.165, 1.54) is 0 Å². The Labute approximate surface area is 110 Å². The average molecular weight is 261 g/mol. The van der Waals surface area contributed by atoms with Crippen molar-refractivity contribution in [3.05, 3.63) is 0 Å². The van der Waals surface area contributed by atoms with Gasteiger partial charge in [-0.3, -0.25) is 4.79 Å². The summed E-state index contributed by atoms with van der Waals surface area (Å²) in [5.41, 5.74) is 0. The van der Waals surface area contributed by atoms with Gasteiger partial charge in [0.2, 0.25) is 5.91 Å². The zero-order chi connectivity index (χ0) is 13.6. The van der Waals surface area contributed by atoms with Crippen molar-refractivity contribution in [2.75, 3.05) is 46.2 Å². The van der Waals surface area contributed by atoms with Crippen molar-refractivity contribution in [2.45, 2.75) is 27.2 Å². The van der Waals surface area contributed by atoms with Crippen molar-refractivity contribution in [2.24, 2.45) is 5.92 Å². The first-order chi connectivity index (χ1) is 8.66. The van der Waals surface area contributed by atoms with Gasteiger partial charge in [-0.15, -0.1) is 0 Å². The van der Waals surface area contributed by atoms with Crippen LogP contribution in [-0.2, 0) is 19.0 Å². The summed E-state index contributed by atoms with van der Waals surface area (Å²) in [6.07, 6.45) is 0.408. The minimum absolute atomic E-state index is 0.0426. The van der Waals surface area contributed by atoms with Crippen molar-refractivity contribution in [3.8, 4) is 0 Å². The highest BCUT2D eigenvalue weighted by Crippen LogP contribution is 1.89. The second kappa shape index (κ2) is 12.8. The van der Waals surface area contributed by atoms with E-state index in [-0.39, 0.29) is 5.91 Å². The monoisotopic (exact) mass is 261 g/mol. The molecular weight excluding hydrogens is 234 g/mol. The van der Waals surface area contributed by atoms with Crippen LogP contribution in [0.2, 0.25) is 0 Å². The smallest absolute Gasteiger partial charge is 0.222 e. The summed E-state index contributed by atoms with van der Waals surface area (Å²) in [6, 6.07) is 0. The summed E-state index contributed by atoms with van der Waals surface area (Å²) >= 11 is 0. The van der Waals surface area contributed by atoms with Crippen LogP contribution in [0.4, 0.5) is 0 Å². The second-order valence-corrected chi connectivity index (χ2v) is 4.37. The summed E-state index contributed by atoms with van der Waals surface area (Å²) in [4.78, 5) is 11.3. The lowest BCUT2D eigenvalue weighted by Gasteiger charge is -2.08. The standard InChI is InChI=1S/C13H27NO4/c1-4-16-7-8-18-10-9-17-6-5-13(15)14-11-12(2)3/h12H,4-11H2,1-3H3,(H,14,15). The molecule has 0 aliphatic heterocycles. The number of hydrogen-bond donors (Lipinski definition) is 1. The molecule has 1 amide bonds. The fraction of sp³-hybridized carbons (Fsp3) is 0.923. The Morgan fingerprint density at radius 1 is 1.00 bits per heavy atom. The highest BCUT2D eigenvalue weighted by atomic mass is 16.5. The van der Waals surface area contributed by atoms with Gasteiger partial charge in [-0.05, 0) is 12.8 Å². The number of nitrogens with one attached hydrogen (secondary N) is 1. The average Bonchev–Trinajstić information content (AvgIpc) is 2.34. The Balaban J connectivity index is 3.12. The molecule has 0 aromatic heterocycles. The molecule has 0 unspecified atom stereocenters. The van der Waals surface area contributed by atoms with Crippen molar-refractivity contribution >= 4 is 5.91 Å². The van der Waals surface area contributed by atoms with Gasteiger partial charge in [0, 0.05) is 19.6 Å². The molecule has 0 atom stereocenters. The van der Waals surface area contributed by atoms with Gasteiger partial charge in [0.25, 0.3) is 0 Å². The van der Waals surface area contributed by atoms with Crippen molar-refractivity contribution < 1.29 is 19.0 Å². The van der Waals surface area contributed by atoms with Gasteiger partial charge in [0.1, 0.15) is 0 Å². The SMILES string of the molecule is CCOCCOCCOCCC(=O)NCC(C)C. The first kappa shape index (κ1) is 17.4. The molecule has 0 saturated carbocycles. The molecule has 18 heavy (non-hydrogen) atoms. The lowest BCUT2D eigenvalue weighted by molar-refractivity contribution is -0.122. The number of carbonyl (C=O) groups excluding carboxylic acids is 1. The van der Waals surface area contributed by atoms with Gasteiger partial charge in [0.15, 0.2) is 0 Å². The molecule has 0 aromatic carbocycles. The Bertz CT molecular complexity index is 197. The molecule has 0 aliphatic carbocycles. The van der Waals surface area contributed by atoms with Gasteiger partial charge in [-0.2, -0.15) is 0 Å². The minimum atomic E-state index is 0.0426. The predicted molar refractivity (Wildman–Crippen MR) is 70.6 cm³/mol. The fourth-order valence-corrected chi connectivity index (χ4v) is 1.16. The maximum atomic E-state index is 11.3. The molecule has 0 aliphatic rings. The third-order valence-electron chi connectivity index (χ3n) is 2.13. The van der Waals surface area contributed by atoms with Crippen LogP contribution in [0.1, 0.15) is 27.2 Å². The van der Waals surface area contributed by atoms with Gasteiger partial charge in [-0.25, -0.2) is 0 Å². The molecule has 1 N–H and O–H groups in total. The lowest BCUT2D eigenvalue weighted by atomic mass is 10.2. The van der Waals surface area contributed by atoms with E-state index in [2.05, 4.69) is 19.2 Å². The molecule has 0 aromatic rings. The first-order valence-electron chi connectivity index (χ1n) is 6.66. The van der Waals surface area contributed by atoms with Gasteiger partial charge in [-0.1, -0.05) is 13.8 Å². The van der Waals surface area contributed by atoms with Crippen molar-refractivity contribution in [1.82, 2.24) is 5.32 Å². The molecule has 0 saturated heterocycles. The molecule has 5 heteroatoms. The Hall–Kier alpha value is -0.650. The predicted octanol–water partition coefficient (Wildman–Crippen LogP) is 1.22. The Morgan fingerprint density at radius 3 is 2.11 bits per heavy atom. The number of carbonyl (C=O) groups is 1. The third kappa shape index (κ3) is 13.4. The second-order valence-electron chi connectivity index (χ2n) is 4.37. The Morgan fingerprint density at radius 2 is 1.56 bits per heavy atom. The summed E-state index contributed by atoms with van der Waals surface area (Å²) < 4.78 is 15.7. The molecule has 0 bridgehead atoms. The van der Waals surface area contributed by atoms with E-state index in [1.54, 1.807) is 0 Å². The largest absolute Gasteiger partial charge is 0.379 e. The van der Waals surface area contributed by atoms with Crippen LogP contribution in [0.25, 0.3) is 0 Å². The lowest BCUT2D eigenvalue weighted by Crippen LogP contribution is -2.28. The Kier molecular flexibility index (Phi) is 12.3. The molecule has 5 nitrogen and oxygen atoms in total. The summed E-state index contributed by atoms with van der Waals surface area (Å²) in [7, 11) is 0. The van der Waals surface area contributed by atoms with E-state index >= 15 is 0 Å². The van der Waals surface area contributed by atoms with Crippen molar-refractivity contribution in [1.29, 1.82) is 0 Å². The topological polar surface area (TPSA) is 56.8 Å². The third-order valence-corrected chi connectivity index (χ3v) is 2.13. The van der Waals surface area contributed by atoms with E-state index in [1.807, 2.05) is 6.92 Å². The first-order valence-corrected chi connectivity index (χ1v) is 6.66. The summed E-state index contributed by atoms with van der Waals surface area (Å²) in [6.45, 7) is 10.2. The van der Waals surface area contributed by atoms with E-state index in [9.17, 15) is 4.79 Å². The van der Waals surface area contributed by atoms with E-state index < -0.39 is 0 Å². The molecular formula is C13H27NO4. The number of hydrogen-bond acceptors (Lipinski definition) is 4. The van der Waals surface area contributed by atoms with Gasteiger partial charge >= 0.3 is 0 Å². The quantitative estimate of drug-likeness (QED) is 0.537. The fourth-order valence-electron chi connectivity index (χ4n) is 1.16. The number of amides is 1. The zero-order valence-electron chi connectivity index (χ0n) is 11.9. The number of rotatable bonds is 12. The molecule has 0 spiro atoms. The van der Waals surface area contributed by atoms with Crippen LogP contribution in [0.3, 0.4) is 0 Å². The van der Waals surface area contributed by atoms with Gasteiger partial charge < -0.3 is 19.5 Å². The molecule has 0 radical (unpaired) electrons. The molecule has 0 rings (SSSR count). The van der Waals surface area contributed by atoms with E-state index in [0.717, 1.165) is 6.54 Å². The highest BCUT2D eigenvalue weighted by Gasteiger charge is 2.01. The van der Waals surface area contributed by atoms with E-state index in [4.69, 9.17) is 14.2 Å². The van der Waals surface area contributed by atoms with Gasteiger partial charge in [0.05, 0.1) is 33.0 Å². The van der Waals surface area contributed by atoms with Crippen LogP contribution in [0, 0.1) is 5.92 Å². The van der Waals surface area contributed by atoms with Crippen LogP contribution in [0.15, 0.2) is 0 Å². The molecule has 108 valence electrons. The maximum Gasteiger partial charge on any atom is 0.222 e. The van der Waals surface area contributed by atoms with Crippen LogP contribution < -0.4 is 5.32 Å². The van der Waals surface area contributed by atoms with Crippen molar-refractivity contribution in [3.63, 3.8) is 0 Å². The molecule has 0 fully saturated rings. The number of ether oxygens (including phenoxy) is 3. The van der Waals surface area contributed by atoms with Crippen LogP contribution >= 0.6 is 0 Å². The van der Waals surface area contributed by atoms with Crippen LogP contribution in [0.5, 0.6) is 0 Å². The normalized spacial score (nSPS) is 10.9. The van der Waals surface area contributed by atoms with Crippen LogP contribution in [-0.4, -0.2) is 52.1 Å². The summed E-state index contributed by atoms with van der Waals surface area (Å²) in [5, 5.41) is 2.84. The van der Waals surface area contributed by atoms with E-state index in [0.29, 0.717) is 52.0 Å². The minimum Gasteiger partial charge on any atom is -0.379 e. The molecule has 0 heterocycles. The summed E-state index contributed by atoms with van der Waals surface area (Å²) in [5.74, 6) is 0.523. The zero-order valence-corrected chi connectivity index (χ0v) is 11.9.